The molecule has 1 aliphatic rings. The Morgan fingerprint density at radius 3 is 2.60 bits per heavy atom. The summed E-state index contributed by atoms with van der Waals surface area (Å²) < 4.78 is 5.54. The number of hydrogen-bond acceptors (Lipinski definition) is 7. The molecule has 0 bridgehead atoms. The van der Waals surface area contributed by atoms with Crippen LogP contribution in [0.4, 0.5) is 5.69 Å². The van der Waals surface area contributed by atoms with E-state index in [1.54, 1.807) is 30.1 Å². The van der Waals surface area contributed by atoms with E-state index < -0.39 is 5.91 Å². The molecule has 1 heterocycles. The van der Waals surface area contributed by atoms with Gasteiger partial charge in [0.1, 0.15) is 17.3 Å². The zero-order chi connectivity index (χ0) is 25.8. The number of carbonyl (C=O) groups excluding carboxylic acids is 2. The third-order valence-corrected chi connectivity index (χ3v) is 4.92. The van der Waals surface area contributed by atoms with Crippen LogP contribution in [0.1, 0.15) is 24.0 Å². The first kappa shape index (κ1) is 26.6. The number of nitrogens with two attached hydrogens (primary N) is 3. The highest BCUT2D eigenvalue weighted by molar-refractivity contribution is 6.41. The van der Waals surface area contributed by atoms with Crippen LogP contribution in [0.15, 0.2) is 65.3 Å². The van der Waals surface area contributed by atoms with Crippen LogP contribution >= 0.6 is 0 Å². The number of allylic oxidation sites excluding steroid dienone is 1. The van der Waals surface area contributed by atoms with E-state index >= 15 is 0 Å². The van der Waals surface area contributed by atoms with Crippen molar-refractivity contribution in [3.8, 4) is 11.8 Å². The van der Waals surface area contributed by atoms with Gasteiger partial charge in [0, 0.05) is 24.7 Å². The number of amides is 2. The third kappa shape index (κ3) is 8.33. The maximum Gasteiger partial charge on any atom is 0.266 e. The number of rotatable bonds is 7. The van der Waals surface area contributed by atoms with Crippen molar-refractivity contribution in [3.05, 3.63) is 71.4 Å². The van der Waals surface area contributed by atoms with Crippen molar-refractivity contribution in [3.63, 3.8) is 0 Å². The van der Waals surface area contributed by atoms with Crippen LogP contribution in [0.5, 0.6) is 5.75 Å². The van der Waals surface area contributed by atoms with Crippen LogP contribution in [0.3, 0.4) is 0 Å². The first-order chi connectivity index (χ1) is 16.7. The lowest BCUT2D eigenvalue weighted by Crippen LogP contribution is -2.25. The molecule has 7 N–H and O–H groups in total. The lowest BCUT2D eigenvalue weighted by molar-refractivity contribution is -0.118. The van der Waals surface area contributed by atoms with Crippen LogP contribution in [0.2, 0.25) is 0 Å². The summed E-state index contributed by atoms with van der Waals surface area (Å²) in [6, 6.07) is 16.9. The summed E-state index contributed by atoms with van der Waals surface area (Å²) >= 11 is 0. The second-order valence-corrected chi connectivity index (χ2v) is 7.57. The molecule has 0 unspecified atom stereocenters. The van der Waals surface area contributed by atoms with Gasteiger partial charge < -0.3 is 26.8 Å². The van der Waals surface area contributed by atoms with E-state index in [2.05, 4.69) is 4.99 Å². The van der Waals surface area contributed by atoms with E-state index in [9.17, 15) is 9.59 Å². The molecule has 2 aromatic rings. The topological polar surface area (TPSA) is 185 Å². The molecule has 0 aliphatic carbocycles. The van der Waals surface area contributed by atoms with Gasteiger partial charge in [0.15, 0.2) is 0 Å². The number of nitrogens with zero attached hydrogens (tertiary/aromatic N) is 3. The molecule has 10 nitrogen and oxygen atoms in total. The van der Waals surface area contributed by atoms with Gasteiger partial charge in [0.25, 0.3) is 5.91 Å². The van der Waals surface area contributed by atoms with Gasteiger partial charge in [-0.1, -0.05) is 30.3 Å². The first-order valence-corrected chi connectivity index (χ1v) is 10.8. The SMILES string of the molecule is CN1C(=O)CCOc2ccc(C(N)=NCCC#N)cc21.N=C(/C=C(\N)Cc1ccccc1)C(N)=O. The van der Waals surface area contributed by atoms with Crippen molar-refractivity contribution in [1.29, 1.82) is 10.7 Å². The molecule has 0 fully saturated rings. The zero-order valence-electron chi connectivity index (χ0n) is 19.5. The van der Waals surface area contributed by atoms with Crippen molar-refractivity contribution in [2.24, 2.45) is 22.2 Å². The van der Waals surface area contributed by atoms with Crippen molar-refractivity contribution < 1.29 is 14.3 Å². The van der Waals surface area contributed by atoms with Crippen molar-refractivity contribution >= 4 is 29.0 Å². The summed E-state index contributed by atoms with van der Waals surface area (Å²) in [4.78, 5) is 28.1. The normalized spacial score (nSPS) is 13.4. The molecule has 0 saturated carbocycles. The minimum atomic E-state index is -0.772. The van der Waals surface area contributed by atoms with E-state index in [1.165, 1.54) is 6.08 Å². The fourth-order valence-electron chi connectivity index (χ4n) is 3.07. The summed E-state index contributed by atoms with van der Waals surface area (Å²) in [5.41, 5.74) is 19.1. The standard InChI is InChI=1S/C14H16N4O2.C11H13N3O/c1-18-11-9-10(14(16)17-7-2-6-15)3-4-12(11)20-8-5-13(18)19;12-9(7-10(13)11(14)15)6-8-4-2-1-3-5-8/h3-4,9H,2,5,7-8H2,1H3,(H2,16,17);1-5,7,13H,6,12H2,(H2,14,15)/b;9-7-,13-10?. The molecular formula is C25H29N7O3. The monoisotopic (exact) mass is 475 g/mol. The van der Waals surface area contributed by atoms with Crippen LogP contribution < -0.4 is 26.8 Å². The van der Waals surface area contributed by atoms with E-state index in [4.69, 9.17) is 32.6 Å². The summed E-state index contributed by atoms with van der Waals surface area (Å²) in [6.45, 7) is 0.742. The van der Waals surface area contributed by atoms with Crippen molar-refractivity contribution in [2.75, 3.05) is 25.1 Å². The molecule has 182 valence electrons. The molecule has 0 radical (unpaired) electrons. The average molecular weight is 476 g/mol. The first-order valence-electron chi connectivity index (χ1n) is 10.8. The minimum absolute atomic E-state index is 0.000825. The van der Waals surface area contributed by atoms with Gasteiger partial charge in [0.05, 0.1) is 37.7 Å². The highest BCUT2D eigenvalue weighted by Crippen LogP contribution is 2.31. The second kappa shape index (κ2) is 13.2. The van der Waals surface area contributed by atoms with Crippen LogP contribution in [-0.2, 0) is 16.0 Å². The number of fused-ring (bicyclic) bond motifs is 1. The van der Waals surface area contributed by atoms with Crippen molar-refractivity contribution in [1.82, 2.24) is 0 Å². The van der Waals surface area contributed by atoms with Crippen LogP contribution in [-0.4, -0.2) is 43.6 Å². The maximum absolute atomic E-state index is 11.8. The molecular weight excluding hydrogens is 446 g/mol. The van der Waals surface area contributed by atoms with E-state index in [0.717, 1.165) is 5.56 Å². The number of primary amides is 1. The molecule has 0 aromatic heterocycles. The van der Waals surface area contributed by atoms with Gasteiger partial charge >= 0.3 is 0 Å². The Kier molecular flexibility index (Phi) is 10.00. The highest BCUT2D eigenvalue weighted by Gasteiger charge is 2.20. The number of anilines is 1. The molecule has 10 heteroatoms. The second-order valence-electron chi connectivity index (χ2n) is 7.57. The quantitative estimate of drug-likeness (QED) is 0.268. The number of carbonyl (C=O) groups is 2. The number of ether oxygens (including phenoxy) is 1. The lowest BCUT2D eigenvalue weighted by atomic mass is 10.1. The molecule has 35 heavy (non-hydrogen) atoms. The predicted molar refractivity (Wildman–Crippen MR) is 135 cm³/mol. The number of aliphatic imine (C=N–C) groups is 1. The number of nitrogens with one attached hydrogen (secondary N) is 1. The largest absolute Gasteiger partial charge is 0.491 e. The lowest BCUT2D eigenvalue weighted by Gasteiger charge is -2.17. The fraction of sp³-hybridized carbons (Fsp3) is 0.240. The van der Waals surface area contributed by atoms with Gasteiger partial charge in [0.2, 0.25) is 5.91 Å². The molecule has 0 atom stereocenters. The minimum Gasteiger partial charge on any atom is -0.491 e. The smallest absolute Gasteiger partial charge is 0.266 e. The molecule has 1 aliphatic heterocycles. The van der Waals surface area contributed by atoms with Gasteiger partial charge in [-0.05, 0) is 29.8 Å². The highest BCUT2D eigenvalue weighted by atomic mass is 16.5. The number of nitriles is 1. The summed E-state index contributed by atoms with van der Waals surface area (Å²) in [7, 11) is 1.71. The van der Waals surface area contributed by atoms with E-state index in [0.29, 0.717) is 60.9 Å². The van der Waals surface area contributed by atoms with Crippen LogP contribution in [0, 0.1) is 16.7 Å². The van der Waals surface area contributed by atoms with Crippen molar-refractivity contribution in [2.45, 2.75) is 19.3 Å². The van der Waals surface area contributed by atoms with Gasteiger partial charge in [-0.15, -0.1) is 0 Å². The Labute approximate surface area is 204 Å². The Hall–Kier alpha value is -4.65. The van der Waals surface area contributed by atoms with E-state index in [1.807, 2.05) is 36.4 Å². The van der Waals surface area contributed by atoms with Gasteiger partial charge in [-0.2, -0.15) is 5.26 Å². The third-order valence-electron chi connectivity index (χ3n) is 4.92. The summed E-state index contributed by atoms with van der Waals surface area (Å²) in [6.07, 6.45) is 2.48. The van der Waals surface area contributed by atoms with Gasteiger partial charge in [-0.3, -0.25) is 20.0 Å². The average Bonchev–Trinajstić information content (AvgIpc) is 2.98. The Morgan fingerprint density at radius 1 is 1.23 bits per heavy atom. The number of amidine groups is 1. The predicted octanol–water partition coefficient (Wildman–Crippen LogP) is 1.63. The Morgan fingerprint density at radius 2 is 1.94 bits per heavy atom. The molecule has 2 amide bonds. The molecule has 3 rings (SSSR count). The van der Waals surface area contributed by atoms with Crippen LogP contribution in [0.25, 0.3) is 0 Å². The number of hydrogen-bond donors (Lipinski definition) is 4. The molecule has 0 saturated heterocycles. The van der Waals surface area contributed by atoms with Gasteiger partial charge in [-0.25, -0.2) is 0 Å². The Balaban J connectivity index is 0.000000258. The number of benzene rings is 2. The molecule has 2 aromatic carbocycles. The summed E-state index contributed by atoms with van der Waals surface area (Å²) in [5.74, 6) is 0.243. The summed E-state index contributed by atoms with van der Waals surface area (Å²) in [5, 5.41) is 15.7. The Bertz CT molecular complexity index is 1170. The zero-order valence-corrected chi connectivity index (χ0v) is 19.5. The van der Waals surface area contributed by atoms with E-state index in [-0.39, 0.29) is 11.6 Å². The maximum atomic E-state index is 11.8. The fourth-order valence-corrected chi connectivity index (χ4v) is 3.07. The molecule has 0 spiro atoms.